The van der Waals surface area contributed by atoms with E-state index in [0.717, 1.165) is 6.41 Å². The minimum atomic E-state index is 0.0318. The van der Waals surface area contributed by atoms with Crippen LogP contribution in [0.2, 0.25) is 0 Å². The minimum absolute atomic E-state index is 0.0318. The molecule has 1 heterocycles. The van der Waals surface area contributed by atoms with Crippen LogP contribution in [-0.2, 0) is 9.59 Å². The molecule has 0 saturated carbocycles. The zero-order chi connectivity index (χ0) is 7.56. The molecule has 0 spiro atoms. The lowest BCUT2D eigenvalue weighted by Gasteiger charge is -2.11. The third-order valence-corrected chi connectivity index (χ3v) is 1.60. The monoisotopic (exact) mass is 142 g/mol. The number of hydrogen-bond donors (Lipinski definition) is 0. The maximum absolute atomic E-state index is 10.7. The van der Waals surface area contributed by atoms with Crippen LogP contribution in [0.3, 0.4) is 0 Å². The summed E-state index contributed by atoms with van der Waals surface area (Å²) >= 11 is 0. The van der Waals surface area contributed by atoms with E-state index in [0.29, 0.717) is 19.8 Å². The molecule has 1 saturated heterocycles. The van der Waals surface area contributed by atoms with Gasteiger partial charge >= 0.3 is 0 Å². The van der Waals surface area contributed by atoms with Gasteiger partial charge in [-0.2, -0.15) is 0 Å². The van der Waals surface area contributed by atoms with Crippen LogP contribution in [0.15, 0.2) is 0 Å². The molecule has 4 nitrogen and oxygen atoms in total. The Morgan fingerprint density at radius 2 is 2.20 bits per heavy atom. The molecule has 1 fully saturated rings. The normalized spacial score (nSPS) is 17.7. The van der Waals surface area contributed by atoms with Crippen molar-refractivity contribution in [1.29, 1.82) is 0 Å². The summed E-state index contributed by atoms with van der Waals surface area (Å²) in [7, 11) is 0. The Morgan fingerprint density at radius 3 is 2.50 bits per heavy atom. The van der Waals surface area contributed by atoms with Gasteiger partial charge in [0, 0.05) is 20.0 Å². The molecule has 0 atom stereocenters. The highest BCUT2D eigenvalue weighted by Crippen LogP contribution is 2.01. The van der Waals surface area contributed by atoms with Crippen LogP contribution in [0.5, 0.6) is 0 Å². The van der Waals surface area contributed by atoms with Crippen molar-refractivity contribution < 1.29 is 9.59 Å². The first-order valence-corrected chi connectivity index (χ1v) is 3.19. The quantitative estimate of drug-likeness (QED) is 0.453. The summed E-state index contributed by atoms with van der Waals surface area (Å²) in [6.45, 7) is 3.31. The summed E-state index contributed by atoms with van der Waals surface area (Å²) < 4.78 is 0. The van der Waals surface area contributed by atoms with Crippen LogP contribution in [0, 0.1) is 0 Å². The van der Waals surface area contributed by atoms with Gasteiger partial charge < -0.3 is 9.80 Å². The van der Waals surface area contributed by atoms with Crippen molar-refractivity contribution in [2.45, 2.75) is 6.92 Å². The Kier molecular flexibility index (Phi) is 1.89. The smallest absolute Gasteiger partial charge is 0.220 e. The lowest BCUT2D eigenvalue weighted by atomic mass is 10.5. The molecule has 2 amide bonds. The Balaban J connectivity index is 2.42. The first-order chi connectivity index (χ1) is 4.74. The second-order valence-electron chi connectivity index (χ2n) is 2.34. The number of hydrogen-bond acceptors (Lipinski definition) is 2. The minimum Gasteiger partial charge on any atom is -0.326 e. The standard InChI is InChI=1S/C6H10N2O2/c1-6(10)8-3-2-7(4-8)5-9/h5H,2-4H2,1H3. The fourth-order valence-electron chi connectivity index (χ4n) is 0.953. The largest absolute Gasteiger partial charge is 0.326 e. The van der Waals surface area contributed by atoms with Gasteiger partial charge in [-0.15, -0.1) is 0 Å². The van der Waals surface area contributed by atoms with E-state index in [2.05, 4.69) is 0 Å². The van der Waals surface area contributed by atoms with Crippen molar-refractivity contribution in [3.05, 3.63) is 0 Å². The molecular formula is C6H10N2O2. The van der Waals surface area contributed by atoms with Crippen LogP contribution in [0.25, 0.3) is 0 Å². The first-order valence-electron chi connectivity index (χ1n) is 3.19. The third kappa shape index (κ3) is 1.26. The molecule has 0 radical (unpaired) electrons. The Labute approximate surface area is 59.4 Å². The number of carbonyl (C=O) groups is 2. The summed E-state index contributed by atoms with van der Waals surface area (Å²) in [5.74, 6) is 0.0318. The molecule has 56 valence electrons. The molecule has 0 bridgehead atoms. The Bertz CT molecular complexity index is 158. The van der Waals surface area contributed by atoms with Crippen molar-refractivity contribution >= 4 is 12.3 Å². The van der Waals surface area contributed by atoms with Gasteiger partial charge in [-0.05, 0) is 0 Å². The fraction of sp³-hybridized carbons (Fsp3) is 0.667. The van der Waals surface area contributed by atoms with E-state index in [1.54, 1.807) is 9.80 Å². The fourth-order valence-corrected chi connectivity index (χ4v) is 0.953. The van der Waals surface area contributed by atoms with Crippen molar-refractivity contribution in [2.75, 3.05) is 19.8 Å². The molecule has 1 aliphatic rings. The molecule has 0 unspecified atom stereocenters. The second-order valence-corrected chi connectivity index (χ2v) is 2.34. The summed E-state index contributed by atoms with van der Waals surface area (Å²) in [6.07, 6.45) is 0.767. The van der Waals surface area contributed by atoms with Crippen LogP contribution >= 0.6 is 0 Å². The number of carbonyl (C=O) groups excluding carboxylic acids is 2. The van der Waals surface area contributed by atoms with Crippen molar-refractivity contribution in [3.63, 3.8) is 0 Å². The SMILES string of the molecule is CC(=O)N1CCN(C=O)C1. The number of rotatable bonds is 1. The average molecular weight is 142 g/mol. The topological polar surface area (TPSA) is 40.6 Å². The zero-order valence-corrected chi connectivity index (χ0v) is 5.91. The van der Waals surface area contributed by atoms with Gasteiger partial charge in [0.1, 0.15) is 0 Å². The van der Waals surface area contributed by atoms with E-state index < -0.39 is 0 Å². The molecular weight excluding hydrogens is 132 g/mol. The van der Waals surface area contributed by atoms with Gasteiger partial charge in [0.15, 0.2) is 0 Å². The number of nitrogens with zero attached hydrogens (tertiary/aromatic N) is 2. The molecule has 10 heavy (non-hydrogen) atoms. The zero-order valence-electron chi connectivity index (χ0n) is 5.91. The first kappa shape index (κ1) is 7.05. The van der Waals surface area contributed by atoms with E-state index >= 15 is 0 Å². The van der Waals surface area contributed by atoms with Gasteiger partial charge in [0.25, 0.3) is 0 Å². The molecule has 0 aromatic carbocycles. The van der Waals surface area contributed by atoms with Gasteiger partial charge in [0.2, 0.25) is 12.3 Å². The van der Waals surface area contributed by atoms with E-state index in [4.69, 9.17) is 0 Å². The van der Waals surface area contributed by atoms with Crippen molar-refractivity contribution in [2.24, 2.45) is 0 Å². The average Bonchev–Trinajstić information content (AvgIpc) is 2.34. The highest BCUT2D eigenvalue weighted by atomic mass is 16.2. The predicted octanol–water partition coefficient (Wildman–Crippen LogP) is -0.736. The molecule has 4 heteroatoms. The lowest BCUT2D eigenvalue weighted by molar-refractivity contribution is -0.129. The maximum atomic E-state index is 10.7. The second kappa shape index (κ2) is 2.68. The maximum Gasteiger partial charge on any atom is 0.220 e. The van der Waals surface area contributed by atoms with Crippen LogP contribution in [-0.4, -0.2) is 41.9 Å². The number of amides is 2. The molecule has 0 aromatic heterocycles. The van der Waals surface area contributed by atoms with Gasteiger partial charge in [-0.1, -0.05) is 0 Å². The molecule has 0 aromatic rings. The van der Waals surface area contributed by atoms with Gasteiger partial charge in [-0.3, -0.25) is 9.59 Å². The third-order valence-electron chi connectivity index (χ3n) is 1.60. The summed E-state index contributed by atoms with van der Waals surface area (Å²) in [4.78, 5) is 24.1. The van der Waals surface area contributed by atoms with E-state index in [-0.39, 0.29) is 5.91 Å². The highest BCUT2D eigenvalue weighted by Gasteiger charge is 2.19. The lowest BCUT2D eigenvalue weighted by Crippen LogP contribution is -2.28. The summed E-state index contributed by atoms with van der Waals surface area (Å²) in [5.41, 5.74) is 0. The van der Waals surface area contributed by atoms with Crippen LogP contribution in [0.4, 0.5) is 0 Å². The Hall–Kier alpha value is -1.06. The van der Waals surface area contributed by atoms with Gasteiger partial charge in [0.05, 0.1) is 6.67 Å². The van der Waals surface area contributed by atoms with E-state index in [9.17, 15) is 9.59 Å². The molecule has 0 aliphatic carbocycles. The predicted molar refractivity (Wildman–Crippen MR) is 35.0 cm³/mol. The molecule has 1 rings (SSSR count). The summed E-state index contributed by atoms with van der Waals surface area (Å²) in [6, 6.07) is 0. The summed E-state index contributed by atoms with van der Waals surface area (Å²) in [5, 5.41) is 0. The van der Waals surface area contributed by atoms with E-state index in [1.165, 1.54) is 6.92 Å². The highest BCUT2D eigenvalue weighted by molar-refractivity contribution is 5.73. The van der Waals surface area contributed by atoms with Crippen LogP contribution < -0.4 is 0 Å². The van der Waals surface area contributed by atoms with E-state index in [1.807, 2.05) is 0 Å². The van der Waals surface area contributed by atoms with Crippen molar-refractivity contribution in [3.8, 4) is 0 Å². The molecule has 0 N–H and O–H groups in total. The molecule has 1 aliphatic heterocycles. The van der Waals surface area contributed by atoms with Gasteiger partial charge in [-0.25, -0.2) is 0 Å². The van der Waals surface area contributed by atoms with Crippen molar-refractivity contribution in [1.82, 2.24) is 9.80 Å². The van der Waals surface area contributed by atoms with Crippen LogP contribution in [0.1, 0.15) is 6.92 Å². The Morgan fingerprint density at radius 1 is 1.50 bits per heavy atom.